The van der Waals surface area contributed by atoms with Gasteiger partial charge < -0.3 is 10.4 Å². The summed E-state index contributed by atoms with van der Waals surface area (Å²) >= 11 is 0. The first-order valence-corrected chi connectivity index (χ1v) is 8.16. The van der Waals surface area contributed by atoms with E-state index in [1.807, 2.05) is 0 Å². The van der Waals surface area contributed by atoms with Crippen molar-refractivity contribution in [1.82, 2.24) is 10.2 Å². The first-order valence-electron chi connectivity index (χ1n) is 8.16. The second kappa shape index (κ2) is 7.75. The van der Waals surface area contributed by atoms with Crippen molar-refractivity contribution in [2.75, 3.05) is 32.8 Å². The highest BCUT2D eigenvalue weighted by Gasteiger charge is 2.23. The minimum Gasteiger partial charge on any atom is -0.396 e. The van der Waals surface area contributed by atoms with Crippen LogP contribution in [0.2, 0.25) is 0 Å². The van der Waals surface area contributed by atoms with Crippen molar-refractivity contribution in [2.24, 2.45) is 5.92 Å². The van der Waals surface area contributed by atoms with Crippen LogP contribution in [-0.2, 0) is 11.2 Å². The number of rotatable bonds is 6. The monoisotopic (exact) mass is 304 g/mol. The predicted octanol–water partition coefficient (Wildman–Crippen LogP) is 1.58. The van der Waals surface area contributed by atoms with Gasteiger partial charge in [-0.1, -0.05) is 17.7 Å². The van der Waals surface area contributed by atoms with E-state index in [-0.39, 0.29) is 12.5 Å². The highest BCUT2D eigenvalue weighted by Crippen LogP contribution is 2.17. The Kier molecular flexibility index (Phi) is 5.98. The number of benzene rings is 1. The third-order valence-corrected chi connectivity index (χ3v) is 4.53. The lowest BCUT2D eigenvalue weighted by atomic mass is 9.97. The number of amides is 1. The van der Waals surface area contributed by atoms with Crippen LogP contribution in [0.25, 0.3) is 0 Å². The number of nitrogens with zero attached hydrogens (tertiary/aromatic N) is 1. The molecule has 1 atom stereocenters. The largest absolute Gasteiger partial charge is 0.396 e. The number of carbonyl (C=O) groups excluding carboxylic acids is 1. The highest BCUT2D eigenvalue weighted by molar-refractivity contribution is 5.78. The van der Waals surface area contributed by atoms with Gasteiger partial charge in [0.15, 0.2) is 0 Å². The van der Waals surface area contributed by atoms with Gasteiger partial charge in [-0.3, -0.25) is 9.69 Å². The Labute approximate surface area is 133 Å². The smallest absolute Gasteiger partial charge is 0.234 e. The summed E-state index contributed by atoms with van der Waals surface area (Å²) in [4.78, 5) is 14.1. The number of hydrogen-bond acceptors (Lipinski definition) is 3. The number of aliphatic hydroxyl groups excluding tert-OH is 1. The third-order valence-electron chi connectivity index (χ3n) is 4.53. The van der Waals surface area contributed by atoms with Crippen molar-refractivity contribution in [2.45, 2.75) is 33.6 Å². The lowest BCUT2D eigenvalue weighted by Gasteiger charge is -2.16. The summed E-state index contributed by atoms with van der Waals surface area (Å²) in [5, 5.41) is 12.1. The maximum Gasteiger partial charge on any atom is 0.234 e. The molecule has 0 radical (unpaired) electrons. The fourth-order valence-electron chi connectivity index (χ4n) is 3.40. The lowest BCUT2D eigenvalue weighted by Crippen LogP contribution is -2.37. The molecule has 1 aliphatic rings. The molecule has 4 nitrogen and oxygen atoms in total. The number of likely N-dealkylation sites (tertiary alicyclic amines) is 1. The summed E-state index contributed by atoms with van der Waals surface area (Å²) in [5.41, 5.74) is 5.23. The van der Waals surface area contributed by atoms with Crippen LogP contribution in [0.5, 0.6) is 0 Å². The SMILES string of the molecule is Cc1cc(C)c(CCNC(=O)CN2CCC(CO)C2)c(C)c1. The number of hydrogen-bond donors (Lipinski definition) is 2. The Balaban J connectivity index is 1.76. The van der Waals surface area contributed by atoms with E-state index in [2.05, 4.69) is 43.1 Å². The summed E-state index contributed by atoms with van der Waals surface area (Å²) in [6.07, 6.45) is 1.87. The molecule has 2 N–H and O–H groups in total. The normalized spacial score (nSPS) is 18.6. The molecule has 1 aromatic carbocycles. The molecule has 0 aliphatic carbocycles. The number of aliphatic hydroxyl groups is 1. The van der Waals surface area contributed by atoms with E-state index in [9.17, 15) is 4.79 Å². The third kappa shape index (κ3) is 4.55. The standard InChI is InChI=1S/C18H28N2O2/c1-13-8-14(2)17(15(3)9-13)4-6-19-18(22)11-20-7-5-16(10-20)12-21/h8-9,16,21H,4-7,10-12H2,1-3H3,(H,19,22). The van der Waals surface area contributed by atoms with E-state index < -0.39 is 0 Å². The van der Waals surface area contributed by atoms with Gasteiger partial charge in [0.25, 0.3) is 0 Å². The van der Waals surface area contributed by atoms with Crippen LogP contribution in [-0.4, -0.2) is 48.7 Å². The van der Waals surface area contributed by atoms with E-state index in [1.165, 1.54) is 22.3 Å². The van der Waals surface area contributed by atoms with Crippen LogP contribution in [0.4, 0.5) is 0 Å². The average Bonchev–Trinajstić information content (AvgIpc) is 2.89. The lowest BCUT2D eigenvalue weighted by molar-refractivity contribution is -0.122. The zero-order chi connectivity index (χ0) is 16.1. The highest BCUT2D eigenvalue weighted by atomic mass is 16.3. The molecule has 1 fully saturated rings. The van der Waals surface area contributed by atoms with E-state index in [0.717, 1.165) is 25.9 Å². The molecule has 0 bridgehead atoms. The van der Waals surface area contributed by atoms with Crippen LogP contribution in [0.1, 0.15) is 28.7 Å². The van der Waals surface area contributed by atoms with Crippen molar-refractivity contribution in [3.63, 3.8) is 0 Å². The molecule has 1 saturated heterocycles. The van der Waals surface area contributed by atoms with Gasteiger partial charge in [0.05, 0.1) is 6.54 Å². The second-order valence-electron chi connectivity index (χ2n) is 6.55. The van der Waals surface area contributed by atoms with Crippen molar-refractivity contribution in [3.8, 4) is 0 Å². The summed E-state index contributed by atoms with van der Waals surface area (Å²) in [6.45, 7) is 9.48. The van der Waals surface area contributed by atoms with E-state index in [4.69, 9.17) is 5.11 Å². The Morgan fingerprint density at radius 2 is 2.00 bits per heavy atom. The predicted molar refractivity (Wildman–Crippen MR) is 89.0 cm³/mol. The zero-order valence-electron chi connectivity index (χ0n) is 14.0. The molecule has 1 aliphatic heterocycles. The van der Waals surface area contributed by atoms with Crippen molar-refractivity contribution < 1.29 is 9.90 Å². The summed E-state index contributed by atoms with van der Waals surface area (Å²) in [7, 11) is 0. The van der Waals surface area contributed by atoms with E-state index in [1.54, 1.807) is 0 Å². The maximum absolute atomic E-state index is 12.0. The van der Waals surface area contributed by atoms with Gasteiger partial charge in [-0.25, -0.2) is 0 Å². The van der Waals surface area contributed by atoms with Gasteiger partial charge in [-0.05, 0) is 62.8 Å². The molecule has 122 valence electrons. The van der Waals surface area contributed by atoms with Crippen LogP contribution >= 0.6 is 0 Å². The van der Waals surface area contributed by atoms with Crippen LogP contribution in [0.15, 0.2) is 12.1 Å². The summed E-state index contributed by atoms with van der Waals surface area (Å²) in [5.74, 6) is 0.423. The van der Waals surface area contributed by atoms with Crippen molar-refractivity contribution >= 4 is 5.91 Å². The molecule has 22 heavy (non-hydrogen) atoms. The molecular formula is C18H28N2O2. The number of carbonyl (C=O) groups is 1. The molecule has 1 unspecified atom stereocenters. The molecule has 1 aromatic rings. The molecule has 0 saturated carbocycles. The minimum atomic E-state index is 0.0843. The molecule has 0 aromatic heterocycles. The Morgan fingerprint density at radius 3 is 2.59 bits per heavy atom. The fourth-order valence-corrected chi connectivity index (χ4v) is 3.40. The zero-order valence-corrected chi connectivity index (χ0v) is 14.0. The van der Waals surface area contributed by atoms with Crippen LogP contribution in [0.3, 0.4) is 0 Å². The second-order valence-corrected chi connectivity index (χ2v) is 6.55. The van der Waals surface area contributed by atoms with Gasteiger partial charge in [-0.2, -0.15) is 0 Å². The van der Waals surface area contributed by atoms with Gasteiger partial charge in [0, 0.05) is 19.7 Å². The first kappa shape index (κ1) is 17.0. The maximum atomic E-state index is 12.0. The summed E-state index contributed by atoms with van der Waals surface area (Å²) in [6, 6.07) is 4.40. The van der Waals surface area contributed by atoms with Gasteiger partial charge >= 0.3 is 0 Å². The first-order chi connectivity index (χ1) is 10.5. The van der Waals surface area contributed by atoms with E-state index in [0.29, 0.717) is 19.0 Å². The van der Waals surface area contributed by atoms with Crippen molar-refractivity contribution in [3.05, 3.63) is 34.4 Å². The quantitative estimate of drug-likeness (QED) is 0.839. The van der Waals surface area contributed by atoms with Crippen molar-refractivity contribution in [1.29, 1.82) is 0 Å². The average molecular weight is 304 g/mol. The fraction of sp³-hybridized carbons (Fsp3) is 0.611. The van der Waals surface area contributed by atoms with Gasteiger partial charge in [0.2, 0.25) is 5.91 Å². The molecular weight excluding hydrogens is 276 g/mol. The Bertz CT molecular complexity index is 505. The van der Waals surface area contributed by atoms with E-state index >= 15 is 0 Å². The summed E-state index contributed by atoms with van der Waals surface area (Å²) < 4.78 is 0. The molecule has 1 amide bonds. The molecule has 1 heterocycles. The molecule has 4 heteroatoms. The van der Waals surface area contributed by atoms with Gasteiger partial charge in [-0.15, -0.1) is 0 Å². The Morgan fingerprint density at radius 1 is 1.32 bits per heavy atom. The van der Waals surface area contributed by atoms with Crippen LogP contribution in [0, 0.1) is 26.7 Å². The minimum absolute atomic E-state index is 0.0843. The number of nitrogens with one attached hydrogen (secondary N) is 1. The topological polar surface area (TPSA) is 52.6 Å². The van der Waals surface area contributed by atoms with Crippen LogP contribution < -0.4 is 5.32 Å². The molecule has 2 rings (SSSR count). The molecule has 0 spiro atoms. The van der Waals surface area contributed by atoms with Gasteiger partial charge in [0.1, 0.15) is 0 Å². The Hall–Kier alpha value is -1.39. The number of aryl methyl sites for hydroxylation is 3.